The zero-order chi connectivity index (χ0) is 7.44. The van der Waals surface area contributed by atoms with Crippen LogP contribution in [0.4, 0.5) is 13.2 Å². The topological polar surface area (TPSA) is 0 Å². The second-order valence-electron chi connectivity index (χ2n) is 1.72. The van der Waals surface area contributed by atoms with Crippen LogP contribution in [-0.4, -0.2) is 6.17 Å². The summed E-state index contributed by atoms with van der Waals surface area (Å²) < 4.78 is 35.9. The van der Waals surface area contributed by atoms with Crippen molar-refractivity contribution in [2.24, 2.45) is 0 Å². The van der Waals surface area contributed by atoms with Crippen LogP contribution in [0.5, 0.6) is 0 Å². The number of hydrogen-bond donors (Lipinski definition) is 0. The van der Waals surface area contributed by atoms with Crippen LogP contribution < -0.4 is 0 Å². The Hall–Kier alpha value is -0.470. The van der Waals surface area contributed by atoms with Gasteiger partial charge in [-0.2, -0.15) is 0 Å². The molecule has 0 aromatic heterocycles. The second kappa shape index (κ2) is 3.54. The SMILES string of the molecule is CC/C(F)=C(/F)C(C)F. The Labute approximate surface area is 52.4 Å². The Bertz CT molecular complexity index is 115. The average molecular weight is 138 g/mol. The third-order valence-electron chi connectivity index (χ3n) is 0.919. The first-order valence-electron chi connectivity index (χ1n) is 2.77. The normalized spacial score (nSPS) is 17.0. The first-order chi connectivity index (χ1) is 4.09. The molecule has 1 atom stereocenters. The summed E-state index contributed by atoms with van der Waals surface area (Å²) in [5, 5.41) is 0. The summed E-state index contributed by atoms with van der Waals surface area (Å²) in [6, 6.07) is 0. The minimum absolute atomic E-state index is 0.0832. The fourth-order valence-corrected chi connectivity index (χ4v) is 0.385. The highest BCUT2D eigenvalue weighted by Crippen LogP contribution is 2.16. The van der Waals surface area contributed by atoms with Crippen molar-refractivity contribution in [2.75, 3.05) is 0 Å². The molecular weight excluding hydrogens is 129 g/mol. The van der Waals surface area contributed by atoms with Gasteiger partial charge in [-0.15, -0.1) is 0 Å². The molecule has 0 aromatic rings. The van der Waals surface area contributed by atoms with Crippen LogP contribution in [0, 0.1) is 0 Å². The molecule has 0 bridgehead atoms. The number of rotatable bonds is 2. The number of alkyl halides is 1. The second-order valence-corrected chi connectivity index (χ2v) is 1.72. The molecule has 9 heavy (non-hydrogen) atoms. The van der Waals surface area contributed by atoms with Crippen molar-refractivity contribution < 1.29 is 13.2 Å². The maximum atomic E-state index is 12.0. The molecule has 0 aliphatic heterocycles. The quantitative estimate of drug-likeness (QED) is 0.550. The van der Waals surface area contributed by atoms with E-state index in [1.807, 2.05) is 0 Å². The molecule has 0 fully saturated rings. The van der Waals surface area contributed by atoms with Crippen LogP contribution in [0.25, 0.3) is 0 Å². The molecule has 0 saturated carbocycles. The van der Waals surface area contributed by atoms with E-state index in [1.165, 1.54) is 6.92 Å². The van der Waals surface area contributed by atoms with E-state index in [4.69, 9.17) is 0 Å². The van der Waals surface area contributed by atoms with E-state index in [9.17, 15) is 13.2 Å². The third-order valence-corrected chi connectivity index (χ3v) is 0.919. The molecule has 3 heteroatoms. The van der Waals surface area contributed by atoms with Gasteiger partial charge >= 0.3 is 0 Å². The van der Waals surface area contributed by atoms with Crippen molar-refractivity contribution in [3.8, 4) is 0 Å². The molecule has 54 valence electrons. The van der Waals surface area contributed by atoms with Crippen molar-refractivity contribution in [1.82, 2.24) is 0 Å². The Morgan fingerprint density at radius 1 is 1.44 bits per heavy atom. The Morgan fingerprint density at radius 3 is 2.00 bits per heavy atom. The lowest BCUT2D eigenvalue weighted by Crippen LogP contribution is -1.94. The molecule has 0 radical (unpaired) electrons. The Balaban J connectivity index is 4.10. The lowest BCUT2D eigenvalue weighted by molar-refractivity contribution is 0.330. The minimum Gasteiger partial charge on any atom is -0.240 e. The van der Waals surface area contributed by atoms with Gasteiger partial charge in [-0.1, -0.05) is 6.92 Å². The third kappa shape index (κ3) is 2.54. The number of halogens is 3. The van der Waals surface area contributed by atoms with Crippen LogP contribution in [0.1, 0.15) is 20.3 Å². The molecule has 0 nitrogen and oxygen atoms in total. The van der Waals surface area contributed by atoms with E-state index in [1.54, 1.807) is 0 Å². The van der Waals surface area contributed by atoms with Gasteiger partial charge in [0.05, 0.1) is 0 Å². The van der Waals surface area contributed by atoms with Crippen LogP contribution in [0.2, 0.25) is 0 Å². The molecule has 0 rings (SSSR count). The predicted octanol–water partition coefficient (Wildman–Crippen LogP) is 2.91. The molecule has 0 aliphatic carbocycles. The fourth-order valence-electron chi connectivity index (χ4n) is 0.385. The molecule has 0 amide bonds. The minimum atomic E-state index is -1.81. The average Bonchev–Trinajstić information content (AvgIpc) is 1.84. The van der Waals surface area contributed by atoms with Gasteiger partial charge in [-0.3, -0.25) is 0 Å². The van der Waals surface area contributed by atoms with Gasteiger partial charge in [0.25, 0.3) is 0 Å². The molecule has 0 aliphatic rings. The number of hydrogen-bond acceptors (Lipinski definition) is 0. The van der Waals surface area contributed by atoms with E-state index in [-0.39, 0.29) is 6.42 Å². The monoisotopic (exact) mass is 138 g/mol. The van der Waals surface area contributed by atoms with Crippen LogP contribution in [0.15, 0.2) is 11.7 Å². The van der Waals surface area contributed by atoms with E-state index in [0.717, 1.165) is 6.92 Å². The highest BCUT2D eigenvalue weighted by molar-refractivity contribution is 5.02. The molecule has 1 unspecified atom stereocenters. The standard InChI is InChI=1S/C6H9F3/c1-3-5(8)6(9)4(2)7/h4H,3H2,1-2H3/b6-5-. The van der Waals surface area contributed by atoms with E-state index in [0.29, 0.717) is 0 Å². The van der Waals surface area contributed by atoms with Gasteiger partial charge in [-0.05, 0) is 13.3 Å². The first-order valence-corrected chi connectivity index (χ1v) is 2.77. The van der Waals surface area contributed by atoms with E-state index < -0.39 is 17.8 Å². The molecule has 0 N–H and O–H groups in total. The first kappa shape index (κ1) is 8.53. The van der Waals surface area contributed by atoms with Crippen LogP contribution >= 0.6 is 0 Å². The predicted molar refractivity (Wildman–Crippen MR) is 30.1 cm³/mol. The van der Waals surface area contributed by atoms with E-state index in [2.05, 4.69) is 0 Å². The van der Waals surface area contributed by atoms with Gasteiger partial charge in [0, 0.05) is 0 Å². The summed E-state index contributed by atoms with van der Waals surface area (Å²) in [4.78, 5) is 0. The highest BCUT2D eigenvalue weighted by atomic mass is 19.2. The smallest absolute Gasteiger partial charge is 0.165 e. The largest absolute Gasteiger partial charge is 0.240 e. The summed E-state index contributed by atoms with van der Waals surface area (Å²) in [6.45, 7) is 2.39. The zero-order valence-corrected chi connectivity index (χ0v) is 5.42. The van der Waals surface area contributed by atoms with Crippen molar-refractivity contribution in [2.45, 2.75) is 26.4 Å². The van der Waals surface area contributed by atoms with Crippen LogP contribution in [0.3, 0.4) is 0 Å². The molecule has 0 saturated heterocycles. The maximum Gasteiger partial charge on any atom is 0.165 e. The molecule has 0 spiro atoms. The zero-order valence-electron chi connectivity index (χ0n) is 5.42. The van der Waals surface area contributed by atoms with Gasteiger partial charge < -0.3 is 0 Å². The maximum absolute atomic E-state index is 12.0. The Kier molecular flexibility index (Phi) is 3.35. The van der Waals surface area contributed by atoms with Crippen molar-refractivity contribution in [1.29, 1.82) is 0 Å². The van der Waals surface area contributed by atoms with Crippen molar-refractivity contribution >= 4 is 0 Å². The molecule has 0 aromatic carbocycles. The van der Waals surface area contributed by atoms with Gasteiger partial charge in [0.2, 0.25) is 0 Å². The van der Waals surface area contributed by atoms with Crippen LogP contribution in [-0.2, 0) is 0 Å². The fraction of sp³-hybridized carbons (Fsp3) is 0.667. The highest BCUT2D eigenvalue weighted by Gasteiger charge is 2.10. The summed E-state index contributed by atoms with van der Waals surface area (Å²) in [6.07, 6.45) is -1.90. The van der Waals surface area contributed by atoms with Gasteiger partial charge in [0.15, 0.2) is 12.0 Å². The van der Waals surface area contributed by atoms with Crippen molar-refractivity contribution in [3.63, 3.8) is 0 Å². The molecular formula is C6H9F3. The summed E-state index contributed by atoms with van der Waals surface area (Å²) in [5.74, 6) is -2.28. The van der Waals surface area contributed by atoms with Gasteiger partial charge in [-0.25, -0.2) is 13.2 Å². The number of allylic oxidation sites excluding steroid dienone is 2. The summed E-state index contributed by atoms with van der Waals surface area (Å²) >= 11 is 0. The lowest BCUT2D eigenvalue weighted by atomic mass is 10.3. The summed E-state index contributed by atoms with van der Waals surface area (Å²) in [7, 11) is 0. The lowest BCUT2D eigenvalue weighted by Gasteiger charge is -1.97. The Morgan fingerprint density at radius 2 is 1.89 bits per heavy atom. The summed E-state index contributed by atoms with van der Waals surface area (Å²) in [5.41, 5.74) is 0. The van der Waals surface area contributed by atoms with Gasteiger partial charge in [0.1, 0.15) is 5.83 Å². The molecule has 0 heterocycles. The van der Waals surface area contributed by atoms with Crippen molar-refractivity contribution in [3.05, 3.63) is 11.7 Å². The van der Waals surface area contributed by atoms with E-state index >= 15 is 0 Å².